The second-order valence-corrected chi connectivity index (χ2v) is 7.84. The van der Waals surface area contributed by atoms with Crippen LogP contribution in [0.25, 0.3) is 11.0 Å². The molecule has 8 heteroatoms. The number of anilines is 1. The summed E-state index contributed by atoms with van der Waals surface area (Å²) in [5.74, 6) is 0.552. The maximum atomic E-state index is 14.4. The molecule has 0 bridgehead atoms. The van der Waals surface area contributed by atoms with Crippen molar-refractivity contribution in [3.8, 4) is 0 Å². The summed E-state index contributed by atoms with van der Waals surface area (Å²) in [4.78, 5) is 15.7. The van der Waals surface area contributed by atoms with Crippen molar-refractivity contribution in [3.05, 3.63) is 58.8 Å². The van der Waals surface area contributed by atoms with Gasteiger partial charge in [0.2, 0.25) is 0 Å². The van der Waals surface area contributed by atoms with Gasteiger partial charge in [-0.25, -0.2) is 28.1 Å². The Bertz CT molecular complexity index is 1060. The number of rotatable bonds is 5. The van der Waals surface area contributed by atoms with Crippen LogP contribution in [0, 0.1) is 12.7 Å². The average Bonchev–Trinajstić information content (AvgIpc) is 2.72. The summed E-state index contributed by atoms with van der Waals surface area (Å²) >= 11 is 0. The second-order valence-electron chi connectivity index (χ2n) is 7.84. The van der Waals surface area contributed by atoms with Gasteiger partial charge >= 0.3 is 0 Å². The normalized spacial score (nSPS) is 17.6. The maximum Gasteiger partial charge on any atom is 0.266 e. The molecule has 1 aliphatic heterocycles. The molecular weight excluding hydrogens is 391 g/mol. The molecule has 4 rings (SSSR count). The fraction of sp³-hybridized carbons (Fsp3) is 0.409. The number of halogens is 3. The highest BCUT2D eigenvalue weighted by Gasteiger charge is 2.21. The van der Waals surface area contributed by atoms with E-state index in [4.69, 9.17) is 0 Å². The highest BCUT2D eigenvalue weighted by molar-refractivity contribution is 5.87. The molecule has 0 saturated carbocycles. The van der Waals surface area contributed by atoms with E-state index in [-0.39, 0.29) is 12.1 Å². The zero-order chi connectivity index (χ0) is 21.3. The van der Waals surface area contributed by atoms with Crippen LogP contribution in [-0.2, 0) is 6.54 Å². The topological polar surface area (TPSA) is 53.9 Å². The van der Waals surface area contributed by atoms with Gasteiger partial charge < -0.3 is 10.2 Å². The number of benzene rings is 1. The van der Waals surface area contributed by atoms with Gasteiger partial charge in [0.25, 0.3) is 6.43 Å². The summed E-state index contributed by atoms with van der Waals surface area (Å²) in [7, 11) is 2.11. The van der Waals surface area contributed by atoms with E-state index in [0.29, 0.717) is 23.2 Å². The fourth-order valence-electron chi connectivity index (χ4n) is 4.02. The van der Waals surface area contributed by atoms with Crippen molar-refractivity contribution in [1.29, 1.82) is 0 Å². The number of aromatic nitrogens is 3. The minimum atomic E-state index is -2.85. The Morgan fingerprint density at radius 1 is 1.27 bits per heavy atom. The van der Waals surface area contributed by atoms with Gasteiger partial charge in [0.1, 0.15) is 17.5 Å². The Hall–Kier alpha value is -2.74. The molecule has 3 heterocycles. The minimum absolute atomic E-state index is 0.0361. The highest BCUT2D eigenvalue weighted by Crippen LogP contribution is 2.30. The molecular formula is C22H24F3N5. The van der Waals surface area contributed by atoms with Crippen LogP contribution >= 0.6 is 0 Å². The Morgan fingerprint density at radius 2 is 2.10 bits per heavy atom. The maximum absolute atomic E-state index is 14.4. The van der Waals surface area contributed by atoms with Gasteiger partial charge in [-0.1, -0.05) is 18.2 Å². The smallest absolute Gasteiger partial charge is 0.266 e. The van der Waals surface area contributed by atoms with Crippen LogP contribution in [-0.4, -0.2) is 40.0 Å². The van der Waals surface area contributed by atoms with Crippen molar-refractivity contribution < 1.29 is 13.2 Å². The molecule has 1 atom stereocenters. The third kappa shape index (κ3) is 4.23. The van der Waals surface area contributed by atoms with Crippen molar-refractivity contribution in [2.45, 2.75) is 38.7 Å². The summed E-state index contributed by atoms with van der Waals surface area (Å²) < 4.78 is 40.4. The van der Waals surface area contributed by atoms with Gasteiger partial charge in [0.05, 0.1) is 10.9 Å². The third-order valence-electron chi connectivity index (χ3n) is 5.57. The zero-order valence-electron chi connectivity index (χ0n) is 17.0. The number of likely N-dealkylation sites (N-methyl/N-ethyl adjacent to an activating group) is 1. The minimum Gasteiger partial charge on any atom is -0.365 e. The molecule has 1 aliphatic rings. The molecule has 1 saturated heterocycles. The van der Waals surface area contributed by atoms with Crippen molar-refractivity contribution >= 4 is 16.9 Å². The number of hydrogen-bond donors (Lipinski definition) is 1. The molecule has 158 valence electrons. The Labute approximate surface area is 173 Å². The SMILES string of the molecule is Cc1nc(NCc2cccc(C(F)F)c2F)c2cc(C3CCCN(C)C3)cnc2n1. The zero-order valence-corrected chi connectivity index (χ0v) is 17.0. The highest BCUT2D eigenvalue weighted by atomic mass is 19.3. The number of alkyl halides is 2. The predicted octanol–water partition coefficient (Wildman–Crippen LogP) is 4.83. The third-order valence-corrected chi connectivity index (χ3v) is 5.57. The molecule has 0 spiro atoms. The van der Waals surface area contributed by atoms with E-state index in [1.807, 2.05) is 12.3 Å². The van der Waals surface area contributed by atoms with Crippen molar-refractivity contribution in [3.63, 3.8) is 0 Å². The molecule has 0 aliphatic carbocycles. The first-order valence-corrected chi connectivity index (χ1v) is 10.0. The standard InChI is InChI=1S/C22H24F3N5/c1-13-28-21(26-10-14-5-3-7-17(19(14)23)20(24)25)18-9-16(11-27-22(18)29-13)15-6-4-8-30(2)12-15/h3,5,7,9,11,15,20H,4,6,8,10,12H2,1-2H3,(H,26,27,28,29). The summed E-state index contributed by atoms with van der Waals surface area (Å²) in [5, 5.41) is 3.85. The Morgan fingerprint density at radius 3 is 2.87 bits per heavy atom. The van der Waals surface area contributed by atoms with Crippen LogP contribution < -0.4 is 5.32 Å². The van der Waals surface area contributed by atoms with Crippen LogP contribution in [0.3, 0.4) is 0 Å². The lowest BCUT2D eigenvalue weighted by molar-refractivity contribution is 0.146. The quantitative estimate of drug-likeness (QED) is 0.647. The average molecular weight is 415 g/mol. The van der Waals surface area contributed by atoms with E-state index >= 15 is 0 Å². The molecule has 0 amide bonds. The lowest BCUT2D eigenvalue weighted by atomic mass is 9.91. The van der Waals surface area contributed by atoms with Gasteiger partial charge in [-0.3, -0.25) is 0 Å². The largest absolute Gasteiger partial charge is 0.365 e. The first-order chi connectivity index (χ1) is 14.4. The molecule has 1 fully saturated rings. The van der Waals surface area contributed by atoms with Crippen LogP contribution in [0.1, 0.15) is 47.7 Å². The van der Waals surface area contributed by atoms with E-state index < -0.39 is 17.8 Å². The van der Waals surface area contributed by atoms with E-state index in [0.717, 1.165) is 42.9 Å². The number of piperidine rings is 1. The monoisotopic (exact) mass is 415 g/mol. The molecule has 2 aromatic heterocycles. The molecule has 0 radical (unpaired) electrons. The predicted molar refractivity (Wildman–Crippen MR) is 110 cm³/mol. The van der Waals surface area contributed by atoms with Gasteiger partial charge in [-0.15, -0.1) is 0 Å². The van der Waals surface area contributed by atoms with Gasteiger partial charge in [-0.2, -0.15) is 0 Å². The van der Waals surface area contributed by atoms with Gasteiger partial charge in [0, 0.05) is 24.8 Å². The molecule has 1 unspecified atom stereocenters. The van der Waals surface area contributed by atoms with Crippen LogP contribution in [0.4, 0.5) is 19.0 Å². The number of likely N-dealkylation sites (tertiary alicyclic amines) is 1. The summed E-state index contributed by atoms with van der Waals surface area (Å²) in [5.41, 5.74) is 1.24. The van der Waals surface area contributed by atoms with Gasteiger partial charge in [0.15, 0.2) is 5.65 Å². The lowest BCUT2D eigenvalue weighted by Gasteiger charge is -2.29. The summed E-state index contributed by atoms with van der Waals surface area (Å²) in [6.45, 7) is 3.85. The van der Waals surface area contributed by atoms with Crippen LogP contribution in [0.15, 0.2) is 30.5 Å². The van der Waals surface area contributed by atoms with E-state index in [2.05, 4.69) is 32.2 Å². The number of fused-ring (bicyclic) bond motifs is 1. The first-order valence-electron chi connectivity index (χ1n) is 10.0. The van der Waals surface area contributed by atoms with E-state index in [1.165, 1.54) is 12.1 Å². The lowest BCUT2D eigenvalue weighted by Crippen LogP contribution is -2.30. The molecule has 3 aromatic rings. The Kier molecular flexibility index (Phi) is 5.85. The number of hydrogen-bond acceptors (Lipinski definition) is 5. The number of aryl methyl sites for hydroxylation is 1. The van der Waals surface area contributed by atoms with Crippen LogP contribution in [0.5, 0.6) is 0 Å². The van der Waals surface area contributed by atoms with Crippen molar-refractivity contribution in [2.75, 3.05) is 25.5 Å². The number of nitrogens with zero attached hydrogens (tertiary/aromatic N) is 4. The second kappa shape index (κ2) is 8.55. The number of nitrogens with one attached hydrogen (secondary N) is 1. The van der Waals surface area contributed by atoms with Crippen LogP contribution in [0.2, 0.25) is 0 Å². The van der Waals surface area contributed by atoms with E-state index in [1.54, 1.807) is 6.92 Å². The molecule has 30 heavy (non-hydrogen) atoms. The summed E-state index contributed by atoms with van der Waals surface area (Å²) in [6, 6.07) is 6.07. The van der Waals surface area contributed by atoms with E-state index in [9.17, 15) is 13.2 Å². The Balaban J connectivity index is 1.65. The number of pyridine rings is 1. The van der Waals surface area contributed by atoms with Crippen molar-refractivity contribution in [1.82, 2.24) is 19.9 Å². The van der Waals surface area contributed by atoms with Crippen molar-refractivity contribution in [2.24, 2.45) is 0 Å². The molecule has 5 nitrogen and oxygen atoms in total. The van der Waals surface area contributed by atoms with Gasteiger partial charge in [-0.05, 0) is 50.9 Å². The fourth-order valence-corrected chi connectivity index (χ4v) is 4.02. The molecule has 1 aromatic carbocycles. The molecule has 1 N–H and O–H groups in total. The first kappa shape index (κ1) is 20.5. The summed E-state index contributed by atoms with van der Waals surface area (Å²) in [6.07, 6.45) is 1.24.